The fourth-order valence-electron chi connectivity index (χ4n) is 2.52. The minimum absolute atomic E-state index is 0.258. The monoisotopic (exact) mass is 338 g/mol. The van der Waals surface area contributed by atoms with Crippen LogP contribution in [0.4, 0.5) is 4.39 Å². The molecule has 0 fully saturated rings. The van der Waals surface area contributed by atoms with Crippen molar-refractivity contribution in [2.24, 2.45) is 0 Å². The minimum atomic E-state index is -0.258. The Balaban J connectivity index is 1.37. The van der Waals surface area contributed by atoms with Crippen molar-refractivity contribution in [2.75, 3.05) is 13.2 Å². The number of rotatable bonds is 8. The van der Waals surface area contributed by atoms with Gasteiger partial charge in [0.2, 0.25) is 0 Å². The Morgan fingerprint density at radius 2 is 2.00 bits per heavy atom. The van der Waals surface area contributed by atoms with Crippen LogP contribution in [0.2, 0.25) is 0 Å². The molecule has 0 aliphatic rings. The van der Waals surface area contributed by atoms with E-state index in [1.54, 1.807) is 24.4 Å². The number of hydrogen-bond donors (Lipinski definition) is 1. The molecule has 3 aromatic rings. The number of unbranched alkanes of at least 4 members (excludes halogenated alkanes) is 1. The molecule has 2 aromatic heterocycles. The van der Waals surface area contributed by atoms with E-state index in [4.69, 9.17) is 10.00 Å². The first-order chi connectivity index (χ1) is 12.3. The van der Waals surface area contributed by atoms with Crippen molar-refractivity contribution in [2.45, 2.75) is 19.4 Å². The number of nitrogens with one attached hydrogen (secondary N) is 1. The molecule has 1 aromatic carbocycles. The number of fused-ring (bicyclic) bond motifs is 1. The molecule has 0 spiro atoms. The summed E-state index contributed by atoms with van der Waals surface area (Å²) in [7, 11) is 0. The van der Waals surface area contributed by atoms with Gasteiger partial charge in [0.1, 0.15) is 23.3 Å². The summed E-state index contributed by atoms with van der Waals surface area (Å²) in [5, 5.41) is 12.4. The predicted octanol–water partition coefficient (Wildman–Crippen LogP) is 3.29. The molecule has 0 atom stereocenters. The van der Waals surface area contributed by atoms with Gasteiger partial charge in [0.25, 0.3) is 0 Å². The molecule has 0 radical (unpaired) electrons. The minimum Gasteiger partial charge on any atom is -0.494 e. The van der Waals surface area contributed by atoms with Gasteiger partial charge in [-0.2, -0.15) is 5.26 Å². The van der Waals surface area contributed by atoms with Crippen molar-refractivity contribution < 1.29 is 9.13 Å². The Morgan fingerprint density at radius 1 is 1.16 bits per heavy atom. The summed E-state index contributed by atoms with van der Waals surface area (Å²) in [6.45, 7) is 2.15. The molecule has 0 bridgehead atoms. The molecule has 0 aliphatic carbocycles. The quantitative estimate of drug-likeness (QED) is 0.640. The number of benzene rings is 1. The van der Waals surface area contributed by atoms with Crippen molar-refractivity contribution >= 4 is 5.65 Å². The van der Waals surface area contributed by atoms with E-state index < -0.39 is 0 Å². The third-order valence-corrected chi connectivity index (χ3v) is 3.85. The molecule has 2 heterocycles. The van der Waals surface area contributed by atoms with Gasteiger partial charge in [-0.05, 0) is 55.8 Å². The van der Waals surface area contributed by atoms with Crippen LogP contribution in [0.5, 0.6) is 5.75 Å². The highest BCUT2D eigenvalue weighted by atomic mass is 19.1. The number of nitrogens with zero attached hydrogens (tertiary/aromatic N) is 3. The summed E-state index contributed by atoms with van der Waals surface area (Å²) in [4.78, 5) is 4.33. The number of nitriles is 1. The number of ether oxygens (including phenoxy) is 1. The molecule has 128 valence electrons. The van der Waals surface area contributed by atoms with E-state index in [0.29, 0.717) is 24.5 Å². The Hall–Kier alpha value is -2.91. The van der Waals surface area contributed by atoms with E-state index >= 15 is 0 Å². The van der Waals surface area contributed by atoms with Crippen LogP contribution in [0.15, 0.2) is 48.8 Å². The highest BCUT2D eigenvalue weighted by molar-refractivity contribution is 5.44. The lowest BCUT2D eigenvalue weighted by atomic mass is 10.3. The highest BCUT2D eigenvalue weighted by Gasteiger charge is 2.03. The van der Waals surface area contributed by atoms with Crippen molar-refractivity contribution in [3.8, 4) is 11.8 Å². The second-order valence-electron chi connectivity index (χ2n) is 5.69. The van der Waals surface area contributed by atoms with Gasteiger partial charge >= 0.3 is 0 Å². The van der Waals surface area contributed by atoms with Gasteiger partial charge in [0, 0.05) is 12.7 Å². The van der Waals surface area contributed by atoms with Crippen LogP contribution in [-0.4, -0.2) is 22.5 Å². The summed E-state index contributed by atoms with van der Waals surface area (Å²) in [6, 6.07) is 11.8. The topological polar surface area (TPSA) is 62.3 Å². The normalized spacial score (nSPS) is 10.7. The summed E-state index contributed by atoms with van der Waals surface area (Å²) in [6.07, 6.45) is 5.51. The van der Waals surface area contributed by atoms with Crippen molar-refractivity contribution in [1.82, 2.24) is 14.7 Å². The van der Waals surface area contributed by atoms with Crippen molar-refractivity contribution in [1.29, 1.82) is 5.26 Å². The van der Waals surface area contributed by atoms with Gasteiger partial charge in [0.05, 0.1) is 24.1 Å². The first-order valence-electron chi connectivity index (χ1n) is 8.21. The fourth-order valence-corrected chi connectivity index (χ4v) is 2.52. The van der Waals surface area contributed by atoms with Gasteiger partial charge in [-0.1, -0.05) is 0 Å². The number of halogens is 1. The SMILES string of the molecule is N#Cc1ccc2ncc(CNCCCCOc3ccc(F)cc3)n2c1. The third kappa shape index (κ3) is 4.55. The van der Waals surface area contributed by atoms with Gasteiger partial charge in [-0.25, -0.2) is 9.37 Å². The maximum Gasteiger partial charge on any atom is 0.137 e. The van der Waals surface area contributed by atoms with Gasteiger partial charge in [-0.3, -0.25) is 0 Å². The van der Waals surface area contributed by atoms with Crippen LogP contribution in [0.1, 0.15) is 24.1 Å². The first kappa shape index (κ1) is 16.9. The second-order valence-corrected chi connectivity index (χ2v) is 5.69. The Labute approximate surface area is 145 Å². The summed E-state index contributed by atoms with van der Waals surface area (Å²) in [5.74, 6) is 0.430. The molecule has 5 nitrogen and oxygen atoms in total. The van der Waals surface area contributed by atoms with Gasteiger partial charge in [0.15, 0.2) is 0 Å². The Bertz CT molecular complexity index is 867. The zero-order valence-electron chi connectivity index (χ0n) is 13.8. The molecular weight excluding hydrogens is 319 g/mol. The van der Waals surface area contributed by atoms with Crippen molar-refractivity contribution in [3.63, 3.8) is 0 Å². The zero-order chi connectivity index (χ0) is 17.5. The number of hydrogen-bond acceptors (Lipinski definition) is 4. The van der Waals surface area contributed by atoms with E-state index in [2.05, 4.69) is 16.4 Å². The fraction of sp³-hybridized carbons (Fsp3) is 0.263. The van der Waals surface area contributed by atoms with Crippen molar-refractivity contribution in [3.05, 3.63) is 65.9 Å². The molecule has 0 amide bonds. The number of aromatic nitrogens is 2. The molecule has 25 heavy (non-hydrogen) atoms. The molecule has 0 unspecified atom stereocenters. The van der Waals surface area contributed by atoms with E-state index in [9.17, 15) is 4.39 Å². The smallest absolute Gasteiger partial charge is 0.137 e. The first-order valence-corrected chi connectivity index (χ1v) is 8.21. The van der Waals surface area contributed by atoms with E-state index in [1.165, 1.54) is 12.1 Å². The van der Waals surface area contributed by atoms with Crippen LogP contribution in [0.3, 0.4) is 0 Å². The largest absolute Gasteiger partial charge is 0.494 e. The maximum atomic E-state index is 12.8. The average Bonchev–Trinajstić information content (AvgIpc) is 3.04. The average molecular weight is 338 g/mol. The summed E-state index contributed by atoms with van der Waals surface area (Å²) in [5.41, 5.74) is 2.47. The van der Waals surface area contributed by atoms with Crippen LogP contribution >= 0.6 is 0 Å². The van der Waals surface area contributed by atoms with Crippen LogP contribution in [0, 0.1) is 17.1 Å². The Kier molecular flexibility index (Phi) is 5.60. The van der Waals surface area contributed by atoms with Gasteiger partial charge in [-0.15, -0.1) is 0 Å². The van der Waals surface area contributed by atoms with E-state index in [0.717, 1.165) is 30.7 Å². The van der Waals surface area contributed by atoms with Gasteiger partial charge < -0.3 is 14.5 Å². The molecular formula is C19H19FN4O. The standard InChI is InChI=1S/C19H19FN4O/c20-16-4-6-18(7-5-16)25-10-2-1-9-22-12-17-13-23-19-8-3-15(11-21)14-24(17)19/h3-8,13-14,22H,1-2,9-10,12H2. The third-order valence-electron chi connectivity index (χ3n) is 3.85. The number of pyridine rings is 1. The molecule has 6 heteroatoms. The van der Waals surface area contributed by atoms with E-state index in [-0.39, 0.29) is 5.82 Å². The lowest BCUT2D eigenvalue weighted by Gasteiger charge is -2.07. The number of imidazole rings is 1. The summed E-state index contributed by atoms with van der Waals surface area (Å²) >= 11 is 0. The highest BCUT2D eigenvalue weighted by Crippen LogP contribution is 2.11. The van der Waals surface area contributed by atoms with E-state index in [1.807, 2.05) is 16.7 Å². The predicted molar refractivity (Wildman–Crippen MR) is 92.7 cm³/mol. The Morgan fingerprint density at radius 3 is 2.80 bits per heavy atom. The maximum absolute atomic E-state index is 12.8. The molecule has 0 aliphatic heterocycles. The lowest BCUT2D eigenvalue weighted by Crippen LogP contribution is -2.16. The van der Waals surface area contributed by atoms with Crippen LogP contribution in [0.25, 0.3) is 5.65 Å². The second kappa shape index (κ2) is 8.27. The summed E-state index contributed by atoms with van der Waals surface area (Å²) < 4.78 is 20.3. The van der Waals surface area contributed by atoms with Crippen LogP contribution < -0.4 is 10.1 Å². The molecule has 0 saturated carbocycles. The lowest BCUT2D eigenvalue weighted by molar-refractivity contribution is 0.305. The molecule has 0 saturated heterocycles. The molecule has 3 rings (SSSR count). The zero-order valence-corrected chi connectivity index (χ0v) is 13.8. The molecule has 1 N–H and O–H groups in total. The van der Waals surface area contributed by atoms with Crippen LogP contribution in [-0.2, 0) is 6.54 Å².